The number of aromatic nitrogens is 1. The molecule has 1 aliphatic carbocycles. The third kappa shape index (κ3) is 2.11. The molecule has 1 unspecified atom stereocenters. The molecule has 2 heterocycles. The van der Waals surface area contributed by atoms with Crippen molar-refractivity contribution in [1.82, 2.24) is 9.88 Å². The number of likely N-dealkylation sites (tertiary alicyclic amines) is 1. The number of anilines is 1. The number of nitrogen functional groups attached to an aromatic ring is 1. The summed E-state index contributed by atoms with van der Waals surface area (Å²) in [5.74, 6) is 0.614. The SMILES string of the molecule is Cc1ccnc(N)c1C(N)C1(N2CCCC2)CCCC1. The van der Waals surface area contributed by atoms with Gasteiger partial charge in [-0.2, -0.15) is 0 Å². The second-order valence-corrected chi connectivity index (χ2v) is 6.41. The molecule has 0 radical (unpaired) electrons. The van der Waals surface area contributed by atoms with Crippen molar-refractivity contribution in [2.24, 2.45) is 5.73 Å². The highest BCUT2D eigenvalue weighted by Crippen LogP contribution is 2.46. The molecular formula is C16H26N4. The van der Waals surface area contributed by atoms with Crippen molar-refractivity contribution in [2.45, 2.75) is 57.0 Å². The second kappa shape index (κ2) is 5.34. The van der Waals surface area contributed by atoms with E-state index >= 15 is 0 Å². The molecule has 1 saturated heterocycles. The predicted molar refractivity (Wildman–Crippen MR) is 82.3 cm³/mol. The Labute approximate surface area is 121 Å². The summed E-state index contributed by atoms with van der Waals surface area (Å²) < 4.78 is 0. The van der Waals surface area contributed by atoms with Gasteiger partial charge in [0, 0.05) is 17.3 Å². The largest absolute Gasteiger partial charge is 0.383 e. The van der Waals surface area contributed by atoms with Crippen molar-refractivity contribution in [3.8, 4) is 0 Å². The third-order valence-corrected chi connectivity index (χ3v) is 5.33. The van der Waals surface area contributed by atoms with Gasteiger partial charge in [0.25, 0.3) is 0 Å². The lowest BCUT2D eigenvalue weighted by Crippen LogP contribution is -2.53. The first-order chi connectivity index (χ1) is 9.65. The number of hydrogen-bond acceptors (Lipinski definition) is 4. The highest BCUT2D eigenvalue weighted by molar-refractivity contribution is 5.47. The molecule has 0 bridgehead atoms. The average molecular weight is 274 g/mol. The highest BCUT2D eigenvalue weighted by Gasteiger charge is 2.46. The van der Waals surface area contributed by atoms with Gasteiger partial charge in [-0.1, -0.05) is 12.8 Å². The van der Waals surface area contributed by atoms with Gasteiger partial charge in [0.05, 0.1) is 6.04 Å². The van der Waals surface area contributed by atoms with Crippen LogP contribution < -0.4 is 11.5 Å². The summed E-state index contributed by atoms with van der Waals surface area (Å²) in [7, 11) is 0. The summed E-state index contributed by atoms with van der Waals surface area (Å²) in [4.78, 5) is 6.90. The Balaban J connectivity index is 1.99. The van der Waals surface area contributed by atoms with Crippen LogP contribution in [-0.4, -0.2) is 28.5 Å². The molecule has 1 aromatic rings. The number of aryl methyl sites for hydroxylation is 1. The molecular weight excluding hydrogens is 248 g/mol. The van der Waals surface area contributed by atoms with Crippen molar-refractivity contribution in [3.63, 3.8) is 0 Å². The monoisotopic (exact) mass is 274 g/mol. The Morgan fingerprint density at radius 2 is 1.85 bits per heavy atom. The van der Waals surface area contributed by atoms with Gasteiger partial charge in [-0.05, 0) is 57.3 Å². The summed E-state index contributed by atoms with van der Waals surface area (Å²) in [6.45, 7) is 4.47. The summed E-state index contributed by atoms with van der Waals surface area (Å²) in [6.07, 6.45) is 9.33. The van der Waals surface area contributed by atoms with Crippen molar-refractivity contribution >= 4 is 5.82 Å². The van der Waals surface area contributed by atoms with Crippen LogP contribution in [-0.2, 0) is 0 Å². The Morgan fingerprint density at radius 3 is 2.45 bits per heavy atom. The quantitative estimate of drug-likeness (QED) is 0.888. The number of rotatable bonds is 3. The molecule has 2 aliphatic rings. The molecule has 20 heavy (non-hydrogen) atoms. The zero-order chi connectivity index (χ0) is 14.2. The molecule has 1 saturated carbocycles. The van der Waals surface area contributed by atoms with Crippen LogP contribution in [0.2, 0.25) is 0 Å². The smallest absolute Gasteiger partial charge is 0.128 e. The van der Waals surface area contributed by atoms with Gasteiger partial charge in [-0.3, -0.25) is 4.90 Å². The molecule has 110 valence electrons. The Bertz CT molecular complexity index is 453. The maximum atomic E-state index is 6.76. The fourth-order valence-electron chi connectivity index (χ4n) is 4.24. The third-order valence-electron chi connectivity index (χ3n) is 5.33. The lowest BCUT2D eigenvalue weighted by molar-refractivity contribution is 0.0921. The van der Waals surface area contributed by atoms with Crippen LogP contribution in [0.25, 0.3) is 0 Å². The molecule has 4 N–H and O–H groups in total. The van der Waals surface area contributed by atoms with Crippen LogP contribution in [0.4, 0.5) is 5.82 Å². The Morgan fingerprint density at radius 1 is 1.20 bits per heavy atom. The van der Waals surface area contributed by atoms with E-state index in [1.54, 1.807) is 6.20 Å². The maximum Gasteiger partial charge on any atom is 0.128 e. The average Bonchev–Trinajstić information content (AvgIpc) is 3.10. The van der Waals surface area contributed by atoms with Crippen LogP contribution in [0.5, 0.6) is 0 Å². The zero-order valence-corrected chi connectivity index (χ0v) is 12.4. The van der Waals surface area contributed by atoms with Crippen molar-refractivity contribution < 1.29 is 0 Å². The topological polar surface area (TPSA) is 68.2 Å². The van der Waals surface area contributed by atoms with Crippen molar-refractivity contribution in [3.05, 3.63) is 23.4 Å². The van der Waals surface area contributed by atoms with E-state index in [2.05, 4.69) is 16.8 Å². The van der Waals surface area contributed by atoms with E-state index in [4.69, 9.17) is 11.5 Å². The van der Waals surface area contributed by atoms with Crippen LogP contribution in [0.1, 0.15) is 55.7 Å². The molecule has 1 atom stereocenters. The van der Waals surface area contributed by atoms with Gasteiger partial charge >= 0.3 is 0 Å². The first-order valence-corrected chi connectivity index (χ1v) is 7.87. The fourth-order valence-corrected chi connectivity index (χ4v) is 4.24. The molecule has 0 aromatic carbocycles. The molecule has 1 aliphatic heterocycles. The lowest BCUT2D eigenvalue weighted by Gasteiger charge is -2.44. The summed E-state index contributed by atoms with van der Waals surface area (Å²) in [6, 6.07) is 2.01. The molecule has 2 fully saturated rings. The summed E-state index contributed by atoms with van der Waals surface area (Å²) in [5.41, 5.74) is 15.2. The van der Waals surface area contributed by atoms with Crippen LogP contribution >= 0.6 is 0 Å². The number of nitrogens with zero attached hydrogens (tertiary/aromatic N) is 2. The molecule has 4 nitrogen and oxygen atoms in total. The molecule has 1 aromatic heterocycles. The minimum Gasteiger partial charge on any atom is -0.383 e. The minimum atomic E-state index is -0.0169. The second-order valence-electron chi connectivity index (χ2n) is 6.41. The van der Waals surface area contributed by atoms with Gasteiger partial charge in [-0.15, -0.1) is 0 Å². The number of hydrogen-bond donors (Lipinski definition) is 2. The van der Waals surface area contributed by atoms with Gasteiger partial charge < -0.3 is 11.5 Å². The molecule has 4 heteroatoms. The van der Waals surface area contributed by atoms with Crippen LogP contribution in [0.15, 0.2) is 12.3 Å². The van der Waals surface area contributed by atoms with E-state index in [1.165, 1.54) is 57.2 Å². The van der Waals surface area contributed by atoms with Gasteiger partial charge in [0.1, 0.15) is 5.82 Å². The molecule has 0 amide bonds. The summed E-state index contributed by atoms with van der Waals surface area (Å²) >= 11 is 0. The van der Waals surface area contributed by atoms with E-state index in [1.807, 2.05) is 6.07 Å². The maximum absolute atomic E-state index is 6.76. The van der Waals surface area contributed by atoms with E-state index in [9.17, 15) is 0 Å². The lowest BCUT2D eigenvalue weighted by atomic mass is 9.81. The van der Waals surface area contributed by atoms with Crippen molar-refractivity contribution in [1.29, 1.82) is 0 Å². The standard InChI is InChI=1S/C16H26N4/c1-12-6-9-19-15(18)13(12)14(17)16(7-2-3-8-16)20-10-4-5-11-20/h6,9,14H,2-5,7-8,10-11,17H2,1H3,(H2,18,19). The number of pyridine rings is 1. The fraction of sp³-hybridized carbons (Fsp3) is 0.688. The van der Waals surface area contributed by atoms with E-state index in [0.717, 1.165) is 5.56 Å². The zero-order valence-electron chi connectivity index (χ0n) is 12.4. The predicted octanol–water partition coefficient (Wildman–Crippen LogP) is 2.38. The molecule has 3 rings (SSSR count). The van der Waals surface area contributed by atoms with Gasteiger partial charge in [-0.25, -0.2) is 4.98 Å². The van der Waals surface area contributed by atoms with Gasteiger partial charge in [0.15, 0.2) is 0 Å². The first kappa shape index (κ1) is 13.8. The Hall–Kier alpha value is -1.13. The minimum absolute atomic E-state index is 0.0169. The first-order valence-electron chi connectivity index (χ1n) is 7.87. The van der Waals surface area contributed by atoms with Gasteiger partial charge in [0.2, 0.25) is 0 Å². The Kier molecular flexibility index (Phi) is 3.69. The van der Waals surface area contributed by atoms with E-state index in [-0.39, 0.29) is 11.6 Å². The van der Waals surface area contributed by atoms with E-state index in [0.29, 0.717) is 5.82 Å². The van der Waals surface area contributed by atoms with Crippen LogP contribution in [0.3, 0.4) is 0 Å². The number of nitrogens with two attached hydrogens (primary N) is 2. The normalized spacial score (nSPS) is 24.1. The van der Waals surface area contributed by atoms with E-state index < -0.39 is 0 Å². The molecule has 0 spiro atoms. The summed E-state index contributed by atoms with van der Waals surface area (Å²) in [5, 5.41) is 0. The van der Waals surface area contributed by atoms with Crippen molar-refractivity contribution in [2.75, 3.05) is 18.8 Å². The highest BCUT2D eigenvalue weighted by atomic mass is 15.2. The van der Waals surface area contributed by atoms with Crippen LogP contribution in [0, 0.1) is 6.92 Å².